The molecular formula is C15H20N2O6S. The van der Waals surface area contributed by atoms with Gasteiger partial charge in [-0.2, -0.15) is 4.31 Å². The summed E-state index contributed by atoms with van der Waals surface area (Å²) in [6, 6.07) is 0. The minimum absolute atomic E-state index is 0.0705. The number of carbonyl (C=O) groups is 2. The van der Waals surface area contributed by atoms with Crippen molar-refractivity contribution < 1.29 is 27.5 Å². The number of nitrogens with zero attached hydrogens (tertiary/aromatic N) is 2. The summed E-state index contributed by atoms with van der Waals surface area (Å²) in [7, 11) is -3.98. The van der Waals surface area contributed by atoms with Gasteiger partial charge >= 0.3 is 5.97 Å². The lowest BCUT2D eigenvalue weighted by molar-refractivity contribution is -0.133. The third kappa shape index (κ3) is 2.82. The minimum atomic E-state index is -3.98. The fourth-order valence-electron chi connectivity index (χ4n) is 3.09. The van der Waals surface area contributed by atoms with Crippen LogP contribution in [0.25, 0.3) is 0 Å². The van der Waals surface area contributed by atoms with E-state index in [1.54, 1.807) is 4.90 Å². The Kier molecular flexibility index (Phi) is 4.16. The minimum Gasteiger partial charge on any atom is -0.478 e. The van der Waals surface area contributed by atoms with Gasteiger partial charge in [-0.05, 0) is 26.7 Å². The second kappa shape index (κ2) is 5.89. The van der Waals surface area contributed by atoms with Gasteiger partial charge in [0.15, 0.2) is 0 Å². The summed E-state index contributed by atoms with van der Waals surface area (Å²) < 4.78 is 32.2. The molecule has 8 nitrogen and oxygen atoms in total. The summed E-state index contributed by atoms with van der Waals surface area (Å²) in [6.45, 7) is 3.84. The predicted molar refractivity (Wildman–Crippen MR) is 83.2 cm³/mol. The van der Waals surface area contributed by atoms with E-state index in [4.69, 9.17) is 4.42 Å². The zero-order valence-electron chi connectivity index (χ0n) is 13.6. The molecule has 1 saturated heterocycles. The number of hydrogen-bond donors (Lipinski definition) is 1. The maximum Gasteiger partial charge on any atom is 0.340 e. The number of hydrogen-bond acceptors (Lipinski definition) is 5. The molecule has 1 aromatic heterocycles. The Labute approximate surface area is 140 Å². The first kappa shape index (κ1) is 17.0. The Bertz CT molecular complexity index is 785. The molecule has 0 unspecified atom stereocenters. The van der Waals surface area contributed by atoms with E-state index >= 15 is 0 Å². The van der Waals surface area contributed by atoms with Crippen molar-refractivity contribution in [2.24, 2.45) is 5.92 Å². The summed E-state index contributed by atoms with van der Waals surface area (Å²) in [5.41, 5.74) is -0.316. The van der Waals surface area contributed by atoms with Crippen molar-refractivity contribution in [2.75, 3.05) is 26.2 Å². The summed E-state index contributed by atoms with van der Waals surface area (Å²) in [5.74, 6) is -0.993. The van der Waals surface area contributed by atoms with E-state index in [2.05, 4.69) is 0 Å². The van der Waals surface area contributed by atoms with Gasteiger partial charge in [-0.15, -0.1) is 0 Å². The number of piperazine rings is 1. The highest BCUT2D eigenvalue weighted by atomic mass is 32.2. The fraction of sp³-hybridized carbons (Fsp3) is 0.600. The van der Waals surface area contributed by atoms with E-state index in [0.29, 0.717) is 13.1 Å². The van der Waals surface area contributed by atoms with Gasteiger partial charge in [0.1, 0.15) is 22.0 Å². The molecule has 2 fully saturated rings. The number of carboxylic acids is 1. The molecule has 0 atom stereocenters. The molecule has 9 heteroatoms. The van der Waals surface area contributed by atoms with Crippen LogP contribution in [0, 0.1) is 19.8 Å². The smallest absolute Gasteiger partial charge is 0.340 e. The molecule has 0 aromatic carbocycles. The van der Waals surface area contributed by atoms with E-state index in [0.717, 1.165) is 12.8 Å². The van der Waals surface area contributed by atoms with Gasteiger partial charge in [0.05, 0.1) is 0 Å². The molecule has 1 amide bonds. The van der Waals surface area contributed by atoms with E-state index < -0.39 is 16.0 Å². The van der Waals surface area contributed by atoms with Crippen LogP contribution >= 0.6 is 0 Å². The molecule has 3 rings (SSSR count). The molecule has 1 saturated carbocycles. The molecule has 2 aliphatic rings. The quantitative estimate of drug-likeness (QED) is 0.856. The number of carboxylic acid groups (broad SMARTS) is 1. The van der Waals surface area contributed by atoms with Crippen molar-refractivity contribution in [3.63, 3.8) is 0 Å². The van der Waals surface area contributed by atoms with Crippen molar-refractivity contribution in [1.82, 2.24) is 9.21 Å². The van der Waals surface area contributed by atoms with Gasteiger partial charge in [-0.1, -0.05) is 0 Å². The molecule has 0 radical (unpaired) electrons. The first-order valence-corrected chi connectivity index (χ1v) is 9.29. The second-order valence-electron chi connectivity index (χ2n) is 6.23. The number of rotatable bonds is 4. The number of furan rings is 1. The lowest BCUT2D eigenvalue weighted by Crippen LogP contribution is -2.51. The van der Waals surface area contributed by atoms with Gasteiger partial charge < -0.3 is 14.4 Å². The van der Waals surface area contributed by atoms with Crippen LogP contribution in [0.4, 0.5) is 0 Å². The van der Waals surface area contributed by atoms with Crippen LogP contribution in [0.15, 0.2) is 9.31 Å². The fourth-order valence-corrected chi connectivity index (χ4v) is 4.88. The third-order valence-corrected chi connectivity index (χ3v) is 6.55. The Morgan fingerprint density at radius 2 is 1.67 bits per heavy atom. The van der Waals surface area contributed by atoms with Gasteiger partial charge in [0.2, 0.25) is 15.9 Å². The lowest BCUT2D eigenvalue weighted by Gasteiger charge is -2.34. The SMILES string of the molecule is Cc1oc(C)c(S(=O)(=O)N2CCN(C(=O)C3CC3)CC2)c1C(=O)O. The van der Waals surface area contributed by atoms with Crippen LogP contribution in [0.5, 0.6) is 0 Å². The lowest BCUT2D eigenvalue weighted by atomic mass is 10.2. The molecule has 1 aliphatic heterocycles. The number of aromatic carboxylic acids is 1. The highest BCUT2D eigenvalue weighted by Crippen LogP contribution is 2.32. The maximum absolute atomic E-state index is 12.9. The molecule has 1 aromatic rings. The van der Waals surface area contributed by atoms with Crippen LogP contribution in [0.1, 0.15) is 34.7 Å². The van der Waals surface area contributed by atoms with Crippen molar-refractivity contribution in [3.05, 3.63) is 17.1 Å². The average Bonchev–Trinajstić information content (AvgIpc) is 3.31. The van der Waals surface area contributed by atoms with Crippen LogP contribution in [0.3, 0.4) is 0 Å². The zero-order chi connectivity index (χ0) is 17.6. The summed E-state index contributed by atoms with van der Waals surface area (Å²) in [5, 5.41) is 9.31. The molecule has 0 spiro atoms. The normalized spacial score (nSPS) is 19.5. The van der Waals surface area contributed by atoms with Crippen molar-refractivity contribution in [2.45, 2.75) is 31.6 Å². The zero-order valence-corrected chi connectivity index (χ0v) is 14.4. The Morgan fingerprint density at radius 3 is 2.17 bits per heavy atom. The topological polar surface area (TPSA) is 108 Å². The maximum atomic E-state index is 12.9. The van der Waals surface area contributed by atoms with Crippen LogP contribution in [-0.4, -0.2) is 60.8 Å². The second-order valence-corrected chi connectivity index (χ2v) is 8.10. The Hall–Kier alpha value is -1.87. The van der Waals surface area contributed by atoms with Crippen LogP contribution in [0.2, 0.25) is 0 Å². The molecular weight excluding hydrogens is 336 g/mol. The molecule has 24 heavy (non-hydrogen) atoms. The van der Waals surface area contributed by atoms with Gasteiger partial charge in [0, 0.05) is 32.1 Å². The Balaban J connectivity index is 1.82. The monoisotopic (exact) mass is 356 g/mol. The predicted octanol–water partition coefficient (Wildman–Crippen LogP) is 0.838. The van der Waals surface area contributed by atoms with Crippen molar-refractivity contribution in [1.29, 1.82) is 0 Å². The first-order chi connectivity index (χ1) is 11.2. The van der Waals surface area contributed by atoms with E-state index in [1.165, 1.54) is 18.2 Å². The molecule has 1 aliphatic carbocycles. The van der Waals surface area contributed by atoms with Gasteiger partial charge in [0.25, 0.3) is 0 Å². The summed E-state index contributed by atoms with van der Waals surface area (Å²) in [4.78, 5) is 24.9. The molecule has 2 heterocycles. The average molecular weight is 356 g/mol. The van der Waals surface area contributed by atoms with Gasteiger partial charge in [-0.3, -0.25) is 4.79 Å². The van der Waals surface area contributed by atoms with Crippen LogP contribution in [-0.2, 0) is 14.8 Å². The highest BCUT2D eigenvalue weighted by molar-refractivity contribution is 7.89. The highest BCUT2D eigenvalue weighted by Gasteiger charge is 2.39. The molecule has 132 valence electrons. The Morgan fingerprint density at radius 1 is 1.08 bits per heavy atom. The largest absolute Gasteiger partial charge is 0.478 e. The van der Waals surface area contributed by atoms with E-state index in [1.807, 2.05) is 0 Å². The summed E-state index contributed by atoms with van der Waals surface area (Å²) in [6.07, 6.45) is 1.82. The third-order valence-electron chi connectivity index (χ3n) is 4.49. The van der Waals surface area contributed by atoms with E-state index in [-0.39, 0.29) is 46.9 Å². The van der Waals surface area contributed by atoms with Crippen molar-refractivity contribution in [3.8, 4) is 0 Å². The molecule has 0 bridgehead atoms. The van der Waals surface area contributed by atoms with Crippen LogP contribution < -0.4 is 0 Å². The number of amides is 1. The summed E-state index contributed by atoms with van der Waals surface area (Å²) >= 11 is 0. The number of aryl methyl sites for hydroxylation is 2. The molecule has 1 N–H and O–H groups in total. The number of sulfonamides is 1. The standard InChI is InChI=1S/C15H20N2O6S/c1-9-12(15(19)20)13(10(2)23-9)24(21,22)17-7-5-16(6-8-17)14(18)11-3-4-11/h11H,3-8H2,1-2H3,(H,19,20). The van der Waals surface area contributed by atoms with Gasteiger partial charge in [-0.25, -0.2) is 13.2 Å². The number of carbonyl (C=O) groups excluding carboxylic acids is 1. The first-order valence-electron chi connectivity index (χ1n) is 7.85. The van der Waals surface area contributed by atoms with E-state index in [9.17, 15) is 23.1 Å². The van der Waals surface area contributed by atoms with Crippen molar-refractivity contribution >= 4 is 21.9 Å².